The van der Waals surface area contributed by atoms with E-state index in [1.54, 1.807) is 0 Å². The van der Waals surface area contributed by atoms with E-state index in [-0.39, 0.29) is 42.9 Å². The van der Waals surface area contributed by atoms with Gasteiger partial charge in [-0.15, -0.1) is 0 Å². The summed E-state index contributed by atoms with van der Waals surface area (Å²) < 4.78 is 10.4. The maximum atomic E-state index is 11.6. The molecule has 0 aliphatic rings. The molecular formula is C22H43NaO4. The van der Waals surface area contributed by atoms with Gasteiger partial charge in [0, 0.05) is 12.8 Å². The number of carbonyl (C=O) groups excluding carboxylic acids is 2. The van der Waals surface area contributed by atoms with Gasteiger partial charge in [-0.3, -0.25) is 9.59 Å². The third-order valence-electron chi connectivity index (χ3n) is 4.53. The largest absolute Gasteiger partial charge is 1.00 e. The minimum atomic E-state index is -0.140. The number of rotatable bonds is 19. The van der Waals surface area contributed by atoms with Crippen LogP contribution >= 0.6 is 0 Å². The zero-order valence-electron chi connectivity index (χ0n) is 19.4. The molecule has 4 nitrogen and oxygen atoms in total. The number of hydrogen-bond acceptors (Lipinski definition) is 4. The standard InChI is InChI=1S/C22H42O4.Na.H/c1-3-5-7-9-11-15-19-25-21(23)17-13-14-18-22(24)26-20-16-12-10-8-6-4-2;;/h3-20H2,1-2H3;;/q;+1;-1. The molecule has 0 aromatic heterocycles. The minimum absolute atomic E-state index is 0. The number of unbranched alkanes of at least 4 members (excludes halogenated alkanes) is 11. The number of esters is 2. The monoisotopic (exact) mass is 394 g/mol. The second kappa shape index (κ2) is 24.0. The van der Waals surface area contributed by atoms with E-state index >= 15 is 0 Å². The van der Waals surface area contributed by atoms with Crippen LogP contribution in [0.3, 0.4) is 0 Å². The Morgan fingerprint density at radius 2 is 0.889 bits per heavy atom. The van der Waals surface area contributed by atoms with Crippen LogP contribution in [0.25, 0.3) is 0 Å². The van der Waals surface area contributed by atoms with Crippen LogP contribution < -0.4 is 29.6 Å². The maximum absolute atomic E-state index is 11.6. The molecule has 0 radical (unpaired) electrons. The molecule has 0 N–H and O–H groups in total. The van der Waals surface area contributed by atoms with E-state index in [1.165, 1.54) is 51.4 Å². The van der Waals surface area contributed by atoms with Crippen LogP contribution in [0.15, 0.2) is 0 Å². The van der Waals surface area contributed by atoms with E-state index in [9.17, 15) is 9.59 Å². The Kier molecular flexibility index (Phi) is 25.9. The van der Waals surface area contributed by atoms with Crippen LogP contribution in [-0.2, 0) is 19.1 Å². The SMILES string of the molecule is CCCCCCCCOC(=O)CCCCC(=O)OCCCCCCCC.[H-].[Na+]. The van der Waals surface area contributed by atoms with Gasteiger partial charge < -0.3 is 10.9 Å². The fourth-order valence-corrected chi connectivity index (χ4v) is 2.82. The molecule has 0 bridgehead atoms. The van der Waals surface area contributed by atoms with Gasteiger partial charge in [-0.2, -0.15) is 0 Å². The van der Waals surface area contributed by atoms with Crippen molar-refractivity contribution in [2.24, 2.45) is 0 Å². The number of hydrogen-bond donors (Lipinski definition) is 0. The quantitative estimate of drug-likeness (QED) is 0.191. The zero-order valence-corrected chi connectivity index (χ0v) is 20.4. The first kappa shape index (κ1) is 29.1. The topological polar surface area (TPSA) is 52.6 Å². The summed E-state index contributed by atoms with van der Waals surface area (Å²) in [5.74, 6) is -0.280. The van der Waals surface area contributed by atoms with Gasteiger partial charge in [0.15, 0.2) is 0 Å². The molecule has 156 valence electrons. The molecule has 5 heteroatoms. The van der Waals surface area contributed by atoms with Crippen molar-refractivity contribution in [3.05, 3.63) is 0 Å². The van der Waals surface area contributed by atoms with Gasteiger partial charge in [0.05, 0.1) is 13.2 Å². The maximum Gasteiger partial charge on any atom is 1.00 e. The summed E-state index contributed by atoms with van der Waals surface area (Å²) in [6.07, 6.45) is 16.5. The number of carbonyl (C=O) groups is 2. The molecule has 0 spiro atoms. The van der Waals surface area contributed by atoms with Gasteiger partial charge in [0.25, 0.3) is 0 Å². The Bertz CT molecular complexity index is 308. The van der Waals surface area contributed by atoms with E-state index in [4.69, 9.17) is 9.47 Å². The van der Waals surface area contributed by atoms with E-state index in [0.29, 0.717) is 38.9 Å². The third-order valence-corrected chi connectivity index (χ3v) is 4.53. The molecule has 0 atom stereocenters. The van der Waals surface area contributed by atoms with Crippen molar-refractivity contribution in [1.29, 1.82) is 0 Å². The Morgan fingerprint density at radius 1 is 0.556 bits per heavy atom. The summed E-state index contributed by atoms with van der Waals surface area (Å²) in [6.45, 7) is 5.48. The van der Waals surface area contributed by atoms with Crippen LogP contribution in [0.5, 0.6) is 0 Å². The normalized spacial score (nSPS) is 10.3. The summed E-state index contributed by atoms with van der Waals surface area (Å²) in [7, 11) is 0. The summed E-state index contributed by atoms with van der Waals surface area (Å²) in [4.78, 5) is 23.2. The molecule has 0 rings (SSSR count). The number of ether oxygens (including phenoxy) is 2. The first-order valence-corrected chi connectivity index (χ1v) is 11.0. The van der Waals surface area contributed by atoms with Crippen LogP contribution in [0, 0.1) is 0 Å². The van der Waals surface area contributed by atoms with Crippen molar-refractivity contribution in [3.8, 4) is 0 Å². The molecule has 0 aliphatic heterocycles. The molecule has 0 unspecified atom stereocenters. The fraction of sp³-hybridized carbons (Fsp3) is 0.909. The Balaban J connectivity index is -0.00000312. The van der Waals surface area contributed by atoms with Crippen molar-refractivity contribution >= 4 is 11.9 Å². The molecule has 0 aromatic rings. The van der Waals surface area contributed by atoms with E-state index in [0.717, 1.165) is 25.7 Å². The summed E-state index contributed by atoms with van der Waals surface area (Å²) in [5.41, 5.74) is 0. The van der Waals surface area contributed by atoms with Crippen molar-refractivity contribution < 1.29 is 50.0 Å². The molecule has 0 saturated heterocycles. The Morgan fingerprint density at radius 3 is 1.26 bits per heavy atom. The van der Waals surface area contributed by atoms with Gasteiger partial charge >= 0.3 is 41.5 Å². The van der Waals surface area contributed by atoms with Crippen molar-refractivity contribution in [2.75, 3.05) is 13.2 Å². The second-order valence-corrected chi connectivity index (χ2v) is 7.18. The molecule has 27 heavy (non-hydrogen) atoms. The molecule has 0 aliphatic carbocycles. The molecule has 0 fully saturated rings. The van der Waals surface area contributed by atoms with Gasteiger partial charge in [-0.05, 0) is 25.7 Å². The van der Waals surface area contributed by atoms with E-state index < -0.39 is 0 Å². The van der Waals surface area contributed by atoms with Crippen LogP contribution in [0.1, 0.15) is 118 Å². The summed E-state index contributed by atoms with van der Waals surface area (Å²) in [5, 5.41) is 0. The van der Waals surface area contributed by atoms with Gasteiger partial charge in [-0.1, -0.05) is 78.1 Å². The average Bonchev–Trinajstić information content (AvgIpc) is 2.64. The molecule has 0 heterocycles. The predicted molar refractivity (Wildman–Crippen MR) is 108 cm³/mol. The summed E-state index contributed by atoms with van der Waals surface area (Å²) >= 11 is 0. The van der Waals surface area contributed by atoms with E-state index in [1.807, 2.05) is 0 Å². The summed E-state index contributed by atoms with van der Waals surface area (Å²) in [6, 6.07) is 0. The fourth-order valence-electron chi connectivity index (χ4n) is 2.82. The minimum Gasteiger partial charge on any atom is -1.00 e. The van der Waals surface area contributed by atoms with Crippen molar-refractivity contribution in [3.63, 3.8) is 0 Å². The third kappa shape index (κ3) is 23.9. The smallest absolute Gasteiger partial charge is 1.00 e. The first-order valence-electron chi connectivity index (χ1n) is 11.0. The zero-order chi connectivity index (χ0) is 19.3. The molecular weight excluding hydrogens is 351 g/mol. The molecule has 0 amide bonds. The van der Waals surface area contributed by atoms with Crippen LogP contribution in [0.2, 0.25) is 0 Å². The predicted octanol–water partition coefficient (Wildman–Crippen LogP) is 3.47. The molecule has 0 aromatic carbocycles. The van der Waals surface area contributed by atoms with Crippen molar-refractivity contribution in [2.45, 2.75) is 117 Å². The van der Waals surface area contributed by atoms with Gasteiger partial charge in [-0.25, -0.2) is 0 Å². The van der Waals surface area contributed by atoms with Crippen LogP contribution in [-0.4, -0.2) is 25.2 Å². The second-order valence-electron chi connectivity index (χ2n) is 7.18. The Hall–Kier alpha value is -0.0600. The molecule has 0 saturated carbocycles. The van der Waals surface area contributed by atoms with Crippen molar-refractivity contribution in [1.82, 2.24) is 0 Å². The first-order chi connectivity index (χ1) is 12.7. The van der Waals surface area contributed by atoms with Gasteiger partial charge in [0.2, 0.25) is 0 Å². The average molecular weight is 395 g/mol. The van der Waals surface area contributed by atoms with Crippen LogP contribution in [0.4, 0.5) is 0 Å². The van der Waals surface area contributed by atoms with E-state index in [2.05, 4.69) is 13.8 Å². The Labute approximate surface area is 191 Å². The van der Waals surface area contributed by atoms with Gasteiger partial charge in [0.1, 0.15) is 0 Å².